The number of hydrogen-bond acceptors (Lipinski definition) is 3. The van der Waals surface area contributed by atoms with Gasteiger partial charge in [-0.1, -0.05) is 6.07 Å². The van der Waals surface area contributed by atoms with E-state index in [4.69, 9.17) is 5.73 Å². The van der Waals surface area contributed by atoms with Crippen LogP contribution in [0.3, 0.4) is 0 Å². The molecule has 90 valence electrons. The predicted octanol–water partition coefficient (Wildman–Crippen LogP) is 1.93. The number of hydrogen-bond donors (Lipinski definition) is 1. The summed E-state index contributed by atoms with van der Waals surface area (Å²) < 4.78 is 36.8. The van der Waals surface area contributed by atoms with Crippen molar-refractivity contribution in [3.63, 3.8) is 0 Å². The molecule has 1 aromatic heterocycles. The van der Waals surface area contributed by atoms with Gasteiger partial charge >= 0.3 is 6.18 Å². The molecule has 0 saturated carbocycles. The highest BCUT2D eigenvalue weighted by molar-refractivity contribution is 5.39. The van der Waals surface area contributed by atoms with Crippen molar-refractivity contribution in [3.8, 4) is 0 Å². The Balaban J connectivity index is 2.86. The second kappa shape index (κ2) is 5.16. The molecule has 0 unspecified atom stereocenters. The van der Waals surface area contributed by atoms with Crippen LogP contribution in [0.15, 0.2) is 18.2 Å². The average molecular weight is 233 g/mol. The van der Waals surface area contributed by atoms with Crippen LogP contribution in [-0.4, -0.2) is 24.2 Å². The minimum atomic E-state index is -4.23. The van der Waals surface area contributed by atoms with E-state index < -0.39 is 12.7 Å². The van der Waals surface area contributed by atoms with Crippen LogP contribution in [0.25, 0.3) is 0 Å². The largest absolute Gasteiger partial charge is 0.405 e. The highest BCUT2D eigenvalue weighted by atomic mass is 19.4. The smallest absolute Gasteiger partial charge is 0.348 e. The van der Waals surface area contributed by atoms with E-state index in [0.29, 0.717) is 11.5 Å². The summed E-state index contributed by atoms with van der Waals surface area (Å²) in [5.41, 5.74) is 5.97. The topological polar surface area (TPSA) is 42.1 Å². The third kappa shape index (κ3) is 3.69. The quantitative estimate of drug-likeness (QED) is 0.864. The molecule has 0 atom stereocenters. The Morgan fingerprint density at radius 2 is 2.06 bits per heavy atom. The minimum absolute atomic E-state index is 0.220. The van der Waals surface area contributed by atoms with Gasteiger partial charge in [-0.2, -0.15) is 13.2 Å². The number of halogens is 3. The zero-order chi connectivity index (χ0) is 12.2. The first-order valence-electron chi connectivity index (χ1n) is 4.94. The molecule has 0 spiro atoms. The number of pyridine rings is 1. The second-order valence-electron chi connectivity index (χ2n) is 3.32. The van der Waals surface area contributed by atoms with Crippen molar-refractivity contribution < 1.29 is 13.2 Å². The first-order chi connectivity index (χ1) is 7.46. The maximum Gasteiger partial charge on any atom is 0.405 e. The van der Waals surface area contributed by atoms with Gasteiger partial charge in [0.2, 0.25) is 0 Å². The Morgan fingerprint density at radius 1 is 1.38 bits per heavy atom. The van der Waals surface area contributed by atoms with Crippen molar-refractivity contribution in [3.05, 3.63) is 23.9 Å². The summed E-state index contributed by atoms with van der Waals surface area (Å²) in [7, 11) is 0. The molecule has 0 saturated heterocycles. The van der Waals surface area contributed by atoms with Crippen LogP contribution < -0.4 is 10.6 Å². The second-order valence-corrected chi connectivity index (χ2v) is 3.32. The van der Waals surface area contributed by atoms with Gasteiger partial charge in [-0.15, -0.1) is 0 Å². The lowest BCUT2D eigenvalue weighted by Gasteiger charge is -2.23. The lowest BCUT2D eigenvalue weighted by atomic mass is 10.3. The fraction of sp³-hybridized carbons (Fsp3) is 0.500. The summed E-state index contributed by atoms with van der Waals surface area (Å²) in [6.45, 7) is 1.13. The molecule has 1 rings (SSSR count). The number of aromatic nitrogens is 1. The van der Waals surface area contributed by atoms with E-state index in [2.05, 4.69) is 4.98 Å². The molecule has 3 nitrogen and oxygen atoms in total. The number of nitrogens with zero attached hydrogens (tertiary/aromatic N) is 2. The van der Waals surface area contributed by atoms with Crippen LogP contribution in [0, 0.1) is 0 Å². The summed E-state index contributed by atoms with van der Waals surface area (Å²) in [6, 6.07) is 4.89. The lowest BCUT2D eigenvalue weighted by molar-refractivity contribution is -0.119. The SMILES string of the molecule is CCN(CC(F)(F)F)c1cccc(CN)n1. The maximum atomic E-state index is 12.3. The lowest BCUT2D eigenvalue weighted by Crippen LogP contribution is -2.34. The molecule has 0 amide bonds. The highest BCUT2D eigenvalue weighted by Crippen LogP contribution is 2.20. The summed E-state index contributed by atoms with van der Waals surface area (Å²) in [6.07, 6.45) is -4.23. The molecule has 1 heterocycles. The molecular weight excluding hydrogens is 219 g/mol. The molecule has 0 radical (unpaired) electrons. The zero-order valence-electron chi connectivity index (χ0n) is 8.96. The van der Waals surface area contributed by atoms with Crippen LogP contribution in [0.5, 0.6) is 0 Å². The Labute approximate surface area is 92.1 Å². The average Bonchev–Trinajstić information content (AvgIpc) is 2.25. The molecule has 6 heteroatoms. The minimum Gasteiger partial charge on any atom is -0.348 e. The number of rotatable bonds is 4. The summed E-state index contributed by atoms with van der Waals surface area (Å²) >= 11 is 0. The van der Waals surface area contributed by atoms with E-state index in [-0.39, 0.29) is 13.1 Å². The monoisotopic (exact) mass is 233 g/mol. The third-order valence-corrected chi connectivity index (χ3v) is 2.08. The molecule has 2 N–H and O–H groups in total. The maximum absolute atomic E-state index is 12.3. The van der Waals surface area contributed by atoms with E-state index >= 15 is 0 Å². The van der Waals surface area contributed by atoms with E-state index in [1.54, 1.807) is 25.1 Å². The summed E-state index contributed by atoms with van der Waals surface area (Å²) in [5.74, 6) is 0.308. The third-order valence-electron chi connectivity index (χ3n) is 2.08. The van der Waals surface area contributed by atoms with E-state index in [1.807, 2.05) is 0 Å². The van der Waals surface area contributed by atoms with Crippen LogP contribution in [0.2, 0.25) is 0 Å². The van der Waals surface area contributed by atoms with Crippen molar-refractivity contribution in [1.29, 1.82) is 0 Å². The van der Waals surface area contributed by atoms with E-state index in [0.717, 1.165) is 0 Å². The Hall–Kier alpha value is -1.30. The number of anilines is 1. The zero-order valence-corrected chi connectivity index (χ0v) is 8.96. The van der Waals surface area contributed by atoms with Gasteiger partial charge in [0.1, 0.15) is 12.4 Å². The van der Waals surface area contributed by atoms with Gasteiger partial charge in [-0.3, -0.25) is 0 Å². The van der Waals surface area contributed by atoms with Gasteiger partial charge in [0.25, 0.3) is 0 Å². The van der Waals surface area contributed by atoms with Crippen molar-refractivity contribution in [2.75, 3.05) is 18.0 Å². The van der Waals surface area contributed by atoms with Gasteiger partial charge < -0.3 is 10.6 Å². The van der Waals surface area contributed by atoms with Crippen molar-refractivity contribution >= 4 is 5.82 Å². The van der Waals surface area contributed by atoms with Crippen molar-refractivity contribution in [2.45, 2.75) is 19.6 Å². The fourth-order valence-electron chi connectivity index (χ4n) is 1.33. The standard InChI is InChI=1S/C10H14F3N3/c1-2-16(7-10(11,12)13)9-5-3-4-8(6-14)15-9/h3-5H,2,6-7,14H2,1H3. The molecule has 1 aromatic rings. The number of alkyl halides is 3. The van der Waals surface area contributed by atoms with E-state index in [1.165, 1.54) is 4.90 Å². The van der Waals surface area contributed by atoms with Gasteiger partial charge in [0.15, 0.2) is 0 Å². The fourth-order valence-corrected chi connectivity index (χ4v) is 1.33. The Bertz CT molecular complexity index is 338. The molecule has 0 aromatic carbocycles. The molecule has 0 aliphatic heterocycles. The van der Waals surface area contributed by atoms with E-state index in [9.17, 15) is 13.2 Å². The molecular formula is C10H14F3N3. The van der Waals surface area contributed by atoms with Gasteiger partial charge in [0.05, 0.1) is 5.69 Å². The molecule has 0 bridgehead atoms. The Morgan fingerprint density at radius 3 is 2.56 bits per heavy atom. The summed E-state index contributed by atoms with van der Waals surface area (Å²) in [4.78, 5) is 5.21. The normalized spacial score (nSPS) is 11.6. The van der Waals surface area contributed by atoms with Crippen molar-refractivity contribution in [1.82, 2.24) is 4.98 Å². The van der Waals surface area contributed by atoms with Gasteiger partial charge in [-0.05, 0) is 19.1 Å². The van der Waals surface area contributed by atoms with Gasteiger partial charge in [0, 0.05) is 13.1 Å². The molecule has 0 aliphatic carbocycles. The summed E-state index contributed by atoms with van der Waals surface area (Å²) in [5, 5.41) is 0. The molecule has 16 heavy (non-hydrogen) atoms. The van der Waals surface area contributed by atoms with Crippen LogP contribution in [0.1, 0.15) is 12.6 Å². The molecule has 0 fully saturated rings. The highest BCUT2D eigenvalue weighted by Gasteiger charge is 2.30. The van der Waals surface area contributed by atoms with Gasteiger partial charge in [-0.25, -0.2) is 4.98 Å². The van der Waals surface area contributed by atoms with Crippen LogP contribution in [0.4, 0.5) is 19.0 Å². The number of nitrogens with two attached hydrogens (primary N) is 1. The van der Waals surface area contributed by atoms with Crippen molar-refractivity contribution in [2.24, 2.45) is 5.73 Å². The molecule has 0 aliphatic rings. The van der Waals surface area contributed by atoms with Crippen LogP contribution in [-0.2, 0) is 6.54 Å². The predicted molar refractivity (Wildman–Crippen MR) is 56.1 cm³/mol. The first-order valence-corrected chi connectivity index (χ1v) is 4.94. The first kappa shape index (κ1) is 12.8. The van der Waals surface area contributed by atoms with Crippen LogP contribution >= 0.6 is 0 Å². The Kier molecular flexibility index (Phi) is 4.12.